The summed E-state index contributed by atoms with van der Waals surface area (Å²) in [6.45, 7) is 0. The van der Waals surface area contributed by atoms with Gasteiger partial charge < -0.3 is 4.74 Å². The van der Waals surface area contributed by atoms with Gasteiger partial charge in [-0.15, -0.1) is 0 Å². The first-order valence-corrected chi connectivity index (χ1v) is 11.0. The van der Waals surface area contributed by atoms with Crippen molar-refractivity contribution in [2.45, 2.75) is 0 Å². The Kier molecular flexibility index (Phi) is 5.41. The Labute approximate surface area is 166 Å². The number of benzene rings is 4. The number of nitrogens with zero attached hydrogens (tertiary/aromatic N) is 1. The third kappa shape index (κ3) is 3.52. The molecule has 138 valence electrons. The zero-order chi connectivity index (χ0) is 19.2. The van der Waals surface area contributed by atoms with Gasteiger partial charge in [-0.05, 0) is 12.1 Å². The molecule has 28 heavy (non-hydrogen) atoms. The molecule has 0 radical (unpaired) electrons. The van der Waals surface area contributed by atoms with Gasteiger partial charge in [-0.3, -0.25) is 4.74 Å². The molecule has 0 heterocycles. The van der Waals surface area contributed by atoms with Gasteiger partial charge in [-0.2, -0.15) is 0 Å². The minimum Gasteiger partial charge on any atom is -0.497 e. The zero-order valence-corrected chi connectivity index (χ0v) is 16.7. The predicted molar refractivity (Wildman–Crippen MR) is 120 cm³/mol. The molecule has 0 amide bonds. The highest BCUT2D eigenvalue weighted by Gasteiger charge is 2.27. The van der Waals surface area contributed by atoms with Gasteiger partial charge in [0, 0.05) is 22.0 Å². The molecule has 0 atom stereocenters. The summed E-state index contributed by atoms with van der Waals surface area (Å²) >= 11 is 0. The average molecular weight is 383 g/mol. The third-order valence-corrected chi connectivity index (χ3v) is 8.38. The lowest BCUT2D eigenvalue weighted by molar-refractivity contribution is 0.415. The normalized spacial score (nSPS) is 11.0. The maximum absolute atomic E-state index is 5.44. The Morgan fingerprint density at radius 2 is 1.04 bits per heavy atom. The van der Waals surface area contributed by atoms with Crippen molar-refractivity contribution in [3.63, 3.8) is 0 Å². The van der Waals surface area contributed by atoms with Gasteiger partial charge in [0.15, 0.2) is 0 Å². The lowest BCUT2D eigenvalue weighted by atomic mass is 10.3. The van der Waals surface area contributed by atoms with E-state index in [4.69, 9.17) is 9.48 Å². The van der Waals surface area contributed by atoms with Crippen LogP contribution in [0.5, 0.6) is 5.75 Å². The highest BCUT2D eigenvalue weighted by atomic mass is 31.2. The van der Waals surface area contributed by atoms with Gasteiger partial charge in [-0.25, -0.2) is 0 Å². The van der Waals surface area contributed by atoms with E-state index in [-0.39, 0.29) is 0 Å². The molecule has 0 saturated heterocycles. The molecule has 0 aromatic heterocycles. The zero-order valence-electron chi connectivity index (χ0n) is 15.8. The van der Waals surface area contributed by atoms with Crippen molar-refractivity contribution < 1.29 is 4.74 Å². The standard InChI is InChI=1S/C25H22NOP/c1-27-22-13-11-12-21(20-22)26-28(23-14-5-2-6-15-23,24-16-7-3-8-17-24)25-18-9-4-10-19-25/h2-20H,1H3. The molecule has 0 spiro atoms. The van der Waals surface area contributed by atoms with E-state index in [0.717, 1.165) is 11.4 Å². The number of hydrogen-bond acceptors (Lipinski definition) is 2. The maximum atomic E-state index is 5.44. The number of ether oxygens (including phenoxy) is 1. The first kappa shape index (κ1) is 18.3. The van der Waals surface area contributed by atoms with Crippen LogP contribution in [0.15, 0.2) is 120 Å². The summed E-state index contributed by atoms with van der Waals surface area (Å²) in [4.78, 5) is 0. The summed E-state index contributed by atoms with van der Waals surface area (Å²) in [6, 6.07) is 39.9. The Hall–Kier alpha value is -3.09. The fourth-order valence-corrected chi connectivity index (χ4v) is 6.92. The van der Waals surface area contributed by atoms with Crippen molar-refractivity contribution >= 4 is 28.7 Å². The van der Waals surface area contributed by atoms with E-state index < -0.39 is 7.05 Å². The van der Waals surface area contributed by atoms with Crippen LogP contribution in [-0.2, 0) is 0 Å². The lowest BCUT2D eigenvalue weighted by Gasteiger charge is -2.27. The summed E-state index contributed by atoms with van der Waals surface area (Å²) in [5.41, 5.74) is 0.921. The molecular weight excluding hydrogens is 361 g/mol. The molecule has 0 aliphatic carbocycles. The van der Waals surface area contributed by atoms with E-state index in [2.05, 4.69) is 91.0 Å². The van der Waals surface area contributed by atoms with Crippen LogP contribution in [0.1, 0.15) is 0 Å². The van der Waals surface area contributed by atoms with Gasteiger partial charge >= 0.3 is 0 Å². The first-order valence-electron chi connectivity index (χ1n) is 9.26. The van der Waals surface area contributed by atoms with Crippen LogP contribution in [0.2, 0.25) is 0 Å². The summed E-state index contributed by atoms with van der Waals surface area (Å²) in [6.07, 6.45) is 0. The van der Waals surface area contributed by atoms with Gasteiger partial charge in [0.25, 0.3) is 0 Å². The average Bonchev–Trinajstić information content (AvgIpc) is 2.79. The molecule has 4 rings (SSSR count). The predicted octanol–water partition coefficient (Wildman–Crippen LogP) is 5.50. The molecule has 0 fully saturated rings. The van der Waals surface area contributed by atoms with Crippen molar-refractivity contribution in [2.24, 2.45) is 4.74 Å². The van der Waals surface area contributed by atoms with Gasteiger partial charge in [0.1, 0.15) is 5.75 Å². The Balaban J connectivity index is 2.11. The fraction of sp³-hybridized carbons (Fsp3) is 0.0400. The second-order valence-corrected chi connectivity index (χ2v) is 9.46. The fourth-order valence-electron chi connectivity index (χ4n) is 3.40. The molecular formula is C25H22NOP. The van der Waals surface area contributed by atoms with E-state index in [1.807, 2.05) is 24.3 Å². The monoisotopic (exact) mass is 383 g/mol. The molecule has 0 aliphatic rings. The molecule has 3 heteroatoms. The summed E-state index contributed by atoms with van der Waals surface area (Å²) in [5.74, 6) is 0.813. The van der Waals surface area contributed by atoms with Crippen LogP contribution in [0, 0.1) is 0 Å². The summed E-state index contributed by atoms with van der Waals surface area (Å²) in [5, 5.41) is 3.70. The maximum Gasteiger partial charge on any atom is 0.121 e. The molecule has 4 aromatic carbocycles. The Morgan fingerprint density at radius 1 is 0.571 bits per heavy atom. The van der Waals surface area contributed by atoms with Crippen LogP contribution >= 0.6 is 7.05 Å². The molecule has 4 aromatic rings. The SMILES string of the molecule is COc1cccc(N=P(c2ccccc2)(c2ccccc2)c2ccccc2)c1. The number of methoxy groups -OCH3 is 1. The topological polar surface area (TPSA) is 21.6 Å². The summed E-state index contributed by atoms with van der Waals surface area (Å²) < 4.78 is 10.9. The Bertz CT molecular complexity index is 990. The second-order valence-electron chi connectivity index (χ2n) is 6.44. The highest BCUT2D eigenvalue weighted by molar-refractivity contribution is 7.87. The van der Waals surface area contributed by atoms with Gasteiger partial charge in [0.05, 0.1) is 19.9 Å². The summed E-state index contributed by atoms with van der Waals surface area (Å²) in [7, 11) is -0.548. The third-order valence-electron chi connectivity index (χ3n) is 4.71. The first-order chi connectivity index (χ1) is 13.8. The van der Waals surface area contributed by atoms with Crippen molar-refractivity contribution in [3.05, 3.63) is 115 Å². The molecule has 2 nitrogen and oxygen atoms in total. The van der Waals surface area contributed by atoms with Crippen LogP contribution < -0.4 is 20.7 Å². The van der Waals surface area contributed by atoms with E-state index in [1.54, 1.807) is 7.11 Å². The second kappa shape index (κ2) is 8.29. The van der Waals surface area contributed by atoms with E-state index in [9.17, 15) is 0 Å². The van der Waals surface area contributed by atoms with Crippen molar-refractivity contribution in [2.75, 3.05) is 7.11 Å². The smallest absolute Gasteiger partial charge is 0.121 e. The Morgan fingerprint density at radius 3 is 1.46 bits per heavy atom. The van der Waals surface area contributed by atoms with Crippen molar-refractivity contribution in [3.8, 4) is 5.75 Å². The molecule has 0 aliphatic heterocycles. The quantitative estimate of drug-likeness (QED) is 0.417. The minimum absolute atomic E-state index is 0.813. The highest BCUT2D eigenvalue weighted by Crippen LogP contribution is 2.49. The van der Waals surface area contributed by atoms with Gasteiger partial charge in [-0.1, -0.05) is 97.1 Å². The molecule has 0 bridgehead atoms. The van der Waals surface area contributed by atoms with Crippen LogP contribution in [0.25, 0.3) is 0 Å². The number of hydrogen-bond donors (Lipinski definition) is 0. The minimum atomic E-state index is -2.24. The largest absolute Gasteiger partial charge is 0.497 e. The van der Waals surface area contributed by atoms with E-state index in [0.29, 0.717) is 0 Å². The van der Waals surface area contributed by atoms with Crippen LogP contribution in [0.3, 0.4) is 0 Å². The van der Waals surface area contributed by atoms with Crippen LogP contribution in [0.4, 0.5) is 5.69 Å². The molecule has 0 N–H and O–H groups in total. The van der Waals surface area contributed by atoms with Gasteiger partial charge in [0.2, 0.25) is 0 Å². The van der Waals surface area contributed by atoms with E-state index >= 15 is 0 Å². The lowest BCUT2D eigenvalue weighted by Crippen LogP contribution is -2.25. The van der Waals surface area contributed by atoms with Crippen molar-refractivity contribution in [1.82, 2.24) is 0 Å². The number of rotatable bonds is 5. The van der Waals surface area contributed by atoms with Crippen molar-refractivity contribution in [1.29, 1.82) is 0 Å². The van der Waals surface area contributed by atoms with E-state index in [1.165, 1.54) is 15.9 Å². The van der Waals surface area contributed by atoms with Crippen LogP contribution in [-0.4, -0.2) is 7.11 Å². The molecule has 0 unspecified atom stereocenters. The molecule has 0 saturated carbocycles.